The van der Waals surface area contributed by atoms with E-state index in [1.807, 2.05) is 6.07 Å². The molecule has 0 fully saturated rings. The Kier molecular flexibility index (Phi) is 4.50. The number of ether oxygens (including phenoxy) is 1. The molecule has 1 heterocycles. The first kappa shape index (κ1) is 14.0. The molecule has 0 aliphatic carbocycles. The molecular weight excluding hydrogens is 334 g/mol. The summed E-state index contributed by atoms with van der Waals surface area (Å²) in [4.78, 5) is 11.3. The zero-order valence-electron chi connectivity index (χ0n) is 10.1. The Morgan fingerprint density at radius 1 is 1.42 bits per heavy atom. The monoisotopic (exact) mass is 343 g/mol. The van der Waals surface area contributed by atoms with Crippen LogP contribution in [0.3, 0.4) is 0 Å². The van der Waals surface area contributed by atoms with Gasteiger partial charge in [0.1, 0.15) is 18.1 Å². The van der Waals surface area contributed by atoms with E-state index in [-0.39, 0.29) is 18.3 Å². The molecule has 1 aromatic carbocycles. The second kappa shape index (κ2) is 6.12. The third-order valence-corrected chi connectivity index (χ3v) is 3.16. The number of amides is 1. The Balaban J connectivity index is 2.02. The van der Waals surface area contributed by atoms with E-state index in [9.17, 15) is 4.79 Å². The van der Waals surface area contributed by atoms with Crippen molar-refractivity contribution in [3.63, 3.8) is 0 Å². The predicted octanol–water partition coefficient (Wildman–Crippen LogP) is 3.63. The SMILES string of the molecule is CNC(=O)c1ccc(COc2ccc(Br)cc2Cl)o1. The number of carbonyl (C=O) groups is 1. The van der Waals surface area contributed by atoms with Gasteiger partial charge in [0, 0.05) is 11.5 Å². The van der Waals surface area contributed by atoms with Crippen molar-refractivity contribution in [1.82, 2.24) is 5.32 Å². The lowest BCUT2D eigenvalue weighted by Crippen LogP contribution is -2.16. The fraction of sp³-hybridized carbons (Fsp3) is 0.154. The molecule has 4 nitrogen and oxygen atoms in total. The van der Waals surface area contributed by atoms with Crippen LogP contribution < -0.4 is 10.1 Å². The minimum atomic E-state index is -0.270. The standard InChI is InChI=1S/C13H11BrClNO3/c1-16-13(17)12-5-3-9(19-12)7-18-11-4-2-8(14)6-10(11)15/h2-6H,7H2,1H3,(H,16,17). The van der Waals surface area contributed by atoms with Crippen LogP contribution in [-0.2, 0) is 6.61 Å². The van der Waals surface area contributed by atoms with Crippen molar-refractivity contribution < 1.29 is 13.9 Å². The Labute approximate surface area is 123 Å². The molecule has 0 radical (unpaired) electrons. The van der Waals surface area contributed by atoms with Crippen molar-refractivity contribution in [2.45, 2.75) is 6.61 Å². The van der Waals surface area contributed by atoms with Gasteiger partial charge < -0.3 is 14.5 Å². The van der Waals surface area contributed by atoms with E-state index in [0.29, 0.717) is 16.5 Å². The molecule has 0 unspecified atom stereocenters. The Hall–Kier alpha value is -1.46. The van der Waals surface area contributed by atoms with E-state index in [2.05, 4.69) is 21.2 Å². The average Bonchev–Trinajstić information content (AvgIpc) is 2.85. The highest BCUT2D eigenvalue weighted by Crippen LogP contribution is 2.28. The van der Waals surface area contributed by atoms with Gasteiger partial charge in [0.05, 0.1) is 5.02 Å². The summed E-state index contributed by atoms with van der Waals surface area (Å²) < 4.78 is 11.7. The Morgan fingerprint density at radius 3 is 2.89 bits per heavy atom. The molecule has 0 bridgehead atoms. The molecule has 0 aliphatic heterocycles. The van der Waals surface area contributed by atoms with Gasteiger partial charge in [-0.05, 0) is 30.3 Å². The molecule has 6 heteroatoms. The summed E-state index contributed by atoms with van der Waals surface area (Å²) in [6, 6.07) is 8.63. The fourth-order valence-electron chi connectivity index (χ4n) is 1.44. The molecule has 1 aromatic heterocycles. The molecule has 100 valence electrons. The van der Waals surface area contributed by atoms with Gasteiger partial charge in [-0.25, -0.2) is 0 Å². The highest BCUT2D eigenvalue weighted by atomic mass is 79.9. The van der Waals surface area contributed by atoms with Crippen LogP contribution in [0.1, 0.15) is 16.3 Å². The van der Waals surface area contributed by atoms with Crippen LogP contribution in [0.4, 0.5) is 0 Å². The van der Waals surface area contributed by atoms with Crippen molar-refractivity contribution in [3.05, 3.63) is 51.3 Å². The normalized spacial score (nSPS) is 10.3. The number of carbonyl (C=O) groups excluding carboxylic acids is 1. The molecule has 0 aliphatic rings. The van der Waals surface area contributed by atoms with Crippen LogP contribution in [-0.4, -0.2) is 13.0 Å². The molecular formula is C13H11BrClNO3. The van der Waals surface area contributed by atoms with Crippen molar-refractivity contribution >= 4 is 33.4 Å². The number of nitrogens with one attached hydrogen (secondary N) is 1. The molecule has 0 atom stereocenters. The average molecular weight is 345 g/mol. The largest absolute Gasteiger partial charge is 0.484 e. The molecule has 1 amide bonds. The quantitative estimate of drug-likeness (QED) is 0.921. The second-order valence-corrected chi connectivity index (χ2v) is 5.03. The summed E-state index contributed by atoms with van der Waals surface area (Å²) >= 11 is 9.34. The minimum Gasteiger partial charge on any atom is -0.484 e. The summed E-state index contributed by atoms with van der Waals surface area (Å²) in [5.74, 6) is 1.09. The van der Waals surface area contributed by atoms with Crippen LogP contribution in [0.5, 0.6) is 5.75 Å². The van der Waals surface area contributed by atoms with Crippen LogP contribution in [0.25, 0.3) is 0 Å². The van der Waals surface area contributed by atoms with E-state index < -0.39 is 0 Å². The lowest BCUT2D eigenvalue weighted by molar-refractivity contribution is 0.0931. The molecule has 0 saturated carbocycles. The van der Waals surface area contributed by atoms with Gasteiger partial charge in [0.15, 0.2) is 5.76 Å². The van der Waals surface area contributed by atoms with E-state index in [0.717, 1.165) is 4.47 Å². The first-order valence-corrected chi connectivity index (χ1v) is 6.66. The molecule has 0 saturated heterocycles. The topological polar surface area (TPSA) is 51.5 Å². The van der Waals surface area contributed by atoms with Crippen molar-refractivity contribution in [2.75, 3.05) is 7.05 Å². The maximum Gasteiger partial charge on any atom is 0.286 e. The fourth-order valence-corrected chi connectivity index (χ4v) is 2.17. The highest BCUT2D eigenvalue weighted by Gasteiger charge is 2.10. The molecule has 0 spiro atoms. The maximum atomic E-state index is 11.3. The van der Waals surface area contributed by atoms with Gasteiger partial charge in [-0.15, -0.1) is 0 Å². The van der Waals surface area contributed by atoms with Gasteiger partial charge >= 0.3 is 0 Å². The summed E-state index contributed by atoms with van der Waals surface area (Å²) in [7, 11) is 1.54. The van der Waals surface area contributed by atoms with E-state index in [1.54, 1.807) is 31.3 Å². The third kappa shape index (κ3) is 3.52. The number of hydrogen-bond donors (Lipinski definition) is 1. The lowest BCUT2D eigenvalue weighted by Gasteiger charge is -2.06. The molecule has 2 aromatic rings. The van der Waals surface area contributed by atoms with E-state index in [4.69, 9.17) is 20.8 Å². The Bertz CT molecular complexity index is 597. The number of furan rings is 1. The number of hydrogen-bond acceptors (Lipinski definition) is 3. The smallest absolute Gasteiger partial charge is 0.286 e. The first-order chi connectivity index (χ1) is 9.10. The van der Waals surface area contributed by atoms with E-state index in [1.165, 1.54) is 0 Å². The van der Waals surface area contributed by atoms with Gasteiger partial charge in [-0.1, -0.05) is 27.5 Å². The molecule has 19 heavy (non-hydrogen) atoms. The number of halogens is 2. The highest BCUT2D eigenvalue weighted by molar-refractivity contribution is 9.10. The summed E-state index contributed by atoms with van der Waals surface area (Å²) in [6.07, 6.45) is 0. The minimum absolute atomic E-state index is 0.207. The van der Waals surface area contributed by atoms with Gasteiger partial charge in [-0.2, -0.15) is 0 Å². The predicted molar refractivity (Wildman–Crippen MR) is 75.6 cm³/mol. The number of benzene rings is 1. The lowest BCUT2D eigenvalue weighted by atomic mass is 10.3. The number of rotatable bonds is 4. The van der Waals surface area contributed by atoms with Gasteiger partial charge in [-0.3, -0.25) is 4.79 Å². The van der Waals surface area contributed by atoms with Gasteiger partial charge in [0.25, 0.3) is 5.91 Å². The maximum absolute atomic E-state index is 11.3. The van der Waals surface area contributed by atoms with Crippen LogP contribution >= 0.6 is 27.5 Å². The molecule has 1 N–H and O–H groups in total. The zero-order chi connectivity index (χ0) is 13.8. The summed E-state index contributed by atoms with van der Waals surface area (Å²) in [5.41, 5.74) is 0. The zero-order valence-corrected chi connectivity index (χ0v) is 12.4. The Morgan fingerprint density at radius 2 is 2.21 bits per heavy atom. The van der Waals surface area contributed by atoms with Crippen LogP contribution in [0.15, 0.2) is 39.2 Å². The second-order valence-electron chi connectivity index (χ2n) is 3.71. The third-order valence-electron chi connectivity index (χ3n) is 2.38. The first-order valence-electron chi connectivity index (χ1n) is 5.49. The van der Waals surface area contributed by atoms with Crippen molar-refractivity contribution in [3.8, 4) is 5.75 Å². The van der Waals surface area contributed by atoms with Crippen LogP contribution in [0.2, 0.25) is 5.02 Å². The van der Waals surface area contributed by atoms with E-state index >= 15 is 0 Å². The summed E-state index contributed by atoms with van der Waals surface area (Å²) in [6.45, 7) is 0.207. The van der Waals surface area contributed by atoms with Gasteiger partial charge in [0.2, 0.25) is 0 Å². The van der Waals surface area contributed by atoms with Crippen molar-refractivity contribution in [2.24, 2.45) is 0 Å². The summed E-state index contributed by atoms with van der Waals surface area (Å²) in [5, 5.41) is 2.99. The van der Waals surface area contributed by atoms with Crippen LogP contribution in [0, 0.1) is 0 Å². The molecule has 2 rings (SSSR count). The van der Waals surface area contributed by atoms with Crippen molar-refractivity contribution in [1.29, 1.82) is 0 Å².